The molecule has 0 bridgehead atoms. The minimum atomic E-state index is -0.494. The Morgan fingerprint density at radius 1 is 1.33 bits per heavy atom. The molecule has 0 heterocycles. The highest BCUT2D eigenvalue weighted by molar-refractivity contribution is 5.82. The van der Waals surface area contributed by atoms with Gasteiger partial charge in [0.05, 0.1) is 18.7 Å². The van der Waals surface area contributed by atoms with Crippen LogP contribution in [0, 0.1) is 11.8 Å². The van der Waals surface area contributed by atoms with Crippen LogP contribution in [-0.4, -0.2) is 29.7 Å². The normalized spacial score (nSPS) is 15.5. The lowest BCUT2D eigenvalue weighted by atomic mass is 10.0. The first-order valence-electron chi connectivity index (χ1n) is 5.55. The third-order valence-corrected chi connectivity index (χ3v) is 2.34. The first-order chi connectivity index (χ1) is 6.88. The molecule has 90 valence electrons. The number of aliphatic hydroxyl groups is 1. The summed E-state index contributed by atoms with van der Waals surface area (Å²) in [6, 6.07) is -0.673. The Bertz CT molecular complexity index is 193. The third kappa shape index (κ3) is 5.74. The summed E-state index contributed by atoms with van der Waals surface area (Å²) in [5.74, 6) is 0.380. The number of rotatable bonds is 6. The zero-order valence-corrected chi connectivity index (χ0v) is 10.2. The van der Waals surface area contributed by atoms with Gasteiger partial charge in [-0.2, -0.15) is 0 Å². The molecule has 0 fully saturated rings. The third-order valence-electron chi connectivity index (χ3n) is 2.34. The summed E-state index contributed by atoms with van der Waals surface area (Å²) in [7, 11) is 0. The summed E-state index contributed by atoms with van der Waals surface area (Å²) in [5, 5.41) is 11.9. The molecule has 0 aromatic heterocycles. The lowest BCUT2D eigenvalue weighted by Gasteiger charge is -2.22. The molecule has 2 atom stereocenters. The molecular weight excluding hydrogens is 192 g/mol. The van der Waals surface area contributed by atoms with E-state index in [4.69, 9.17) is 10.8 Å². The Morgan fingerprint density at radius 2 is 1.87 bits per heavy atom. The molecule has 0 rings (SSSR count). The van der Waals surface area contributed by atoms with Crippen molar-refractivity contribution in [2.24, 2.45) is 17.6 Å². The maximum absolute atomic E-state index is 11.6. The second kappa shape index (κ2) is 6.80. The zero-order chi connectivity index (χ0) is 12.0. The molecule has 0 spiro atoms. The summed E-state index contributed by atoms with van der Waals surface area (Å²) < 4.78 is 0. The highest BCUT2D eigenvalue weighted by atomic mass is 16.3. The molecule has 0 aromatic rings. The summed E-state index contributed by atoms with van der Waals surface area (Å²) in [5.41, 5.74) is 5.70. The van der Waals surface area contributed by atoms with E-state index < -0.39 is 6.04 Å². The van der Waals surface area contributed by atoms with Crippen LogP contribution in [0.4, 0.5) is 0 Å². The maximum atomic E-state index is 11.6. The Balaban J connectivity index is 4.12. The van der Waals surface area contributed by atoms with Gasteiger partial charge in [-0.1, -0.05) is 27.7 Å². The molecule has 4 N–H and O–H groups in total. The number of nitrogens with one attached hydrogen (secondary N) is 1. The largest absolute Gasteiger partial charge is 0.394 e. The molecule has 0 aliphatic heterocycles. The van der Waals surface area contributed by atoms with E-state index in [0.29, 0.717) is 5.92 Å². The van der Waals surface area contributed by atoms with Crippen molar-refractivity contribution in [3.63, 3.8) is 0 Å². The first kappa shape index (κ1) is 14.4. The van der Waals surface area contributed by atoms with Gasteiger partial charge in [0.15, 0.2) is 0 Å². The van der Waals surface area contributed by atoms with Crippen molar-refractivity contribution in [2.45, 2.75) is 46.2 Å². The van der Waals surface area contributed by atoms with Crippen molar-refractivity contribution in [3.8, 4) is 0 Å². The molecule has 4 heteroatoms. The predicted molar refractivity (Wildman–Crippen MR) is 61.3 cm³/mol. The zero-order valence-electron chi connectivity index (χ0n) is 10.2. The highest BCUT2D eigenvalue weighted by Gasteiger charge is 2.20. The molecule has 0 radical (unpaired) electrons. The second-order valence-corrected chi connectivity index (χ2v) is 4.79. The van der Waals surface area contributed by atoms with Gasteiger partial charge >= 0.3 is 0 Å². The van der Waals surface area contributed by atoms with Gasteiger partial charge in [0, 0.05) is 0 Å². The fourth-order valence-electron chi connectivity index (χ4n) is 1.35. The lowest BCUT2D eigenvalue weighted by molar-refractivity contribution is -0.124. The minimum Gasteiger partial charge on any atom is -0.394 e. The standard InChI is InChI=1S/C11H24N2O2/c1-7(2)5-9(6-14)13-11(15)10(12)8(3)4/h7-10,14H,5-6,12H2,1-4H3,(H,13,15)/t9-,10-/m0/s1. The van der Waals surface area contributed by atoms with Gasteiger partial charge < -0.3 is 16.2 Å². The van der Waals surface area contributed by atoms with Crippen LogP contribution in [0.3, 0.4) is 0 Å². The number of nitrogens with two attached hydrogens (primary N) is 1. The number of amides is 1. The van der Waals surface area contributed by atoms with Crippen molar-refractivity contribution in [3.05, 3.63) is 0 Å². The average molecular weight is 216 g/mol. The van der Waals surface area contributed by atoms with Crippen LogP contribution >= 0.6 is 0 Å². The van der Waals surface area contributed by atoms with Crippen LogP contribution in [0.1, 0.15) is 34.1 Å². The van der Waals surface area contributed by atoms with Gasteiger partial charge in [0.25, 0.3) is 0 Å². The van der Waals surface area contributed by atoms with Crippen LogP contribution in [0.15, 0.2) is 0 Å². The summed E-state index contributed by atoms with van der Waals surface area (Å²) in [6.07, 6.45) is 0.771. The minimum absolute atomic E-state index is 0.0330. The number of hydrogen-bond acceptors (Lipinski definition) is 3. The average Bonchev–Trinajstić information content (AvgIpc) is 2.14. The molecule has 0 saturated heterocycles. The Morgan fingerprint density at radius 3 is 2.20 bits per heavy atom. The Kier molecular flexibility index (Phi) is 6.52. The molecule has 1 amide bonds. The highest BCUT2D eigenvalue weighted by Crippen LogP contribution is 2.05. The topological polar surface area (TPSA) is 75.3 Å². The maximum Gasteiger partial charge on any atom is 0.237 e. The van der Waals surface area contributed by atoms with Crippen molar-refractivity contribution >= 4 is 5.91 Å². The van der Waals surface area contributed by atoms with Gasteiger partial charge in [-0.15, -0.1) is 0 Å². The quantitative estimate of drug-likeness (QED) is 0.605. The van der Waals surface area contributed by atoms with Gasteiger partial charge in [-0.3, -0.25) is 4.79 Å². The van der Waals surface area contributed by atoms with E-state index in [0.717, 1.165) is 6.42 Å². The fraction of sp³-hybridized carbons (Fsp3) is 0.909. The van der Waals surface area contributed by atoms with Gasteiger partial charge in [-0.05, 0) is 18.3 Å². The molecular formula is C11H24N2O2. The lowest BCUT2D eigenvalue weighted by Crippen LogP contribution is -2.49. The molecule has 0 aliphatic carbocycles. The molecule has 0 aliphatic rings. The van der Waals surface area contributed by atoms with Crippen LogP contribution in [0.5, 0.6) is 0 Å². The number of hydrogen-bond donors (Lipinski definition) is 3. The summed E-state index contributed by atoms with van der Waals surface area (Å²) in [4.78, 5) is 11.6. The van der Waals surface area contributed by atoms with E-state index in [9.17, 15) is 4.79 Å². The van der Waals surface area contributed by atoms with E-state index in [2.05, 4.69) is 19.2 Å². The Labute approximate surface area is 92.2 Å². The monoisotopic (exact) mass is 216 g/mol. The fourth-order valence-corrected chi connectivity index (χ4v) is 1.35. The number of carbonyl (C=O) groups excluding carboxylic acids is 1. The predicted octanol–water partition coefficient (Wildman–Crippen LogP) is 0.493. The number of aliphatic hydroxyl groups excluding tert-OH is 1. The summed E-state index contributed by atoms with van der Waals surface area (Å²) in [6.45, 7) is 7.88. The van der Waals surface area contributed by atoms with Crippen molar-refractivity contribution in [2.75, 3.05) is 6.61 Å². The van der Waals surface area contributed by atoms with E-state index >= 15 is 0 Å². The van der Waals surface area contributed by atoms with E-state index in [1.165, 1.54) is 0 Å². The second-order valence-electron chi connectivity index (χ2n) is 4.79. The van der Waals surface area contributed by atoms with E-state index in [1.807, 2.05) is 13.8 Å². The Hall–Kier alpha value is -0.610. The number of carbonyl (C=O) groups is 1. The molecule has 0 saturated carbocycles. The van der Waals surface area contributed by atoms with Gasteiger partial charge in [-0.25, -0.2) is 0 Å². The van der Waals surface area contributed by atoms with E-state index in [1.54, 1.807) is 0 Å². The van der Waals surface area contributed by atoms with Crippen LogP contribution in [-0.2, 0) is 4.79 Å². The molecule has 4 nitrogen and oxygen atoms in total. The van der Waals surface area contributed by atoms with Gasteiger partial charge in [0.1, 0.15) is 0 Å². The van der Waals surface area contributed by atoms with Gasteiger partial charge in [0.2, 0.25) is 5.91 Å². The van der Waals surface area contributed by atoms with Crippen molar-refractivity contribution in [1.82, 2.24) is 5.32 Å². The smallest absolute Gasteiger partial charge is 0.237 e. The van der Waals surface area contributed by atoms with E-state index in [-0.39, 0.29) is 24.5 Å². The van der Waals surface area contributed by atoms with Crippen LogP contribution in [0.2, 0.25) is 0 Å². The molecule has 0 unspecified atom stereocenters. The van der Waals surface area contributed by atoms with Crippen LogP contribution < -0.4 is 11.1 Å². The van der Waals surface area contributed by atoms with Crippen LogP contribution in [0.25, 0.3) is 0 Å². The van der Waals surface area contributed by atoms with Crippen molar-refractivity contribution < 1.29 is 9.90 Å². The van der Waals surface area contributed by atoms with Crippen molar-refractivity contribution in [1.29, 1.82) is 0 Å². The molecule has 0 aromatic carbocycles. The SMILES string of the molecule is CC(C)C[C@@H](CO)NC(=O)[C@@H](N)C(C)C. The molecule has 15 heavy (non-hydrogen) atoms. The summed E-state index contributed by atoms with van der Waals surface area (Å²) >= 11 is 0. The first-order valence-corrected chi connectivity index (χ1v) is 5.55.